The lowest BCUT2D eigenvalue weighted by molar-refractivity contribution is -0.111. The largest absolute Gasteiger partial charge is 0.322 e. The predicted molar refractivity (Wildman–Crippen MR) is 80.2 cm³/mol. The molecule has 1 heterocycles. The molecule has 0 aliphatic rings. The number of anilines is 1. The van der Waals surface area contributed by atoms with Crippen LogP contribution in [0.4, 0.5) is 5.69 Å². The molecule has 2 aromatic rings. The molecule has 0 spiro atoms. The fraction of sp³-hybridized carbons (Fsp3) is 0.0714. The molecule has 0 saturated carbocycles. The minimum atomic E-state index is -0.110. The van der Waals surface area contributed by atoms with Crippen LogP contribution in [0.25, 0.3) is 6.08 Å². The normalized spacial score (nSPS) is 10.7. The summed E-state index contributed by atoms with van der Waals surface area (Å²) in [6, 6.07) is 11.7. The first-order valence-corrected chi connectivity index (χ1v) is 7.55. The van der Waals surface area contributed by atoms with E-state index in [1.807, 2.05) is 54.1 Å². The highest BCUT2D eigenvalue weighted by molar-refractivity contribution is 7.98. The Morgan fingerprint density at radius 3 is 2.94 bits per heavy atom. The second kappa shape index (κ2) is 6.42. The molecule has 0 saturated heterocycles. The number of thiophene rings is 1. The molecule has 2 nitrogen and oxygen atoms in total. The molecule has 4 heteroatoms. The number of benzene rings is 1. The van der Waals surface area contributed by atoms with Gasteiger partial charge in [0.15, 0.2) is 0 Å². The van der Waals surface area contributed by atoms with Gasteiger partial charge in [0.2, 0.25) is 5.91 Å². The first-order chi connectivity index (χ1) is 8.78. The highest BCUT2D eigenvalue weighted by Gasteiger charge is 1.99. The van der Waals surface area contributed by atoms with Gasteiger partial charge in [-0.1, -0.05) is 12.1 Å². The summed E-state index contributed by atoms with van der Waals surface area (Å²) in [5.41, 5.74) is 0.822. The van der Waals surface area contributed by atoms with Gasteiger partial charge in [0, 0.05) is 21.5 Å². The van der Waals surface area contributed by atoms with Crippen LogP contribution in [0.5, 0.6) is 0 Å². The molecule has 92 valence electrons. The lowest BCUT2D eigenvalue weighted by Crippen LogP contribution is -2.07. The minimum absolute atomic E-state index is 0.110. The van der Waals surface area contributed by atoms with Crippen LogP contribution < -0.4 is 5.32 Å². The van der Waals surface area contributed by atoms with Crippen molar-refractivity contribution in [3.8, 4) is 0 Å². The fourth-order valence-electron chi connectivity index (χ4n) is 1.43. The van der Waals surface area contributed by atoms with E-state index in [1.54, 1.807) is 29.2 Å². The van der Waals surface area contributed by atoms with Gasteiger partial charge in [-0.05, 0) is 42.0 Å². The summed E-state index contributed by atoms with van der Waals surface area (Å²) >= 11 is 3.26. The number of thioether (sulfide) groups is 1. The van der Waals surface area contributed by atoms with Crippen molar-refractivity contribution in [2.24, 2.45) is 0 Å². The number of carbonyl (C=O) groups excluding carboxylic acids is 1. The molecule has 0 unspecified atom stereocenters. The molecule has 0 aliphatic heterocycles. The van der Waals surface area contributed by atoms with Crippen LogP contribution in [0, 0.1) is 0 Å². The Morgan fingerprint density at radius 1 is 1.33 bits per heavy atom. The maximum atomic E-state index is 11.7. The maximum Gasteiger partial charge on any atom is 0.248 e. The summed E-state index contributed by atoms with van der Waals surface area (Å²) in [4.78, 5) is 13.9. The zero-order valence-electron chi connectivity index (χ0n) is 9.92. The molecule has 0 fully saturated rings. The van der Waals surface area contributed by atoms with Crippen LogP contribution in [0.2, 0.25) is 0 Å². The van der Waals surface area contributed by atoms with E-state index < -0.39 is 0 Å². The Balaban J connectivity index is 1.98. The quantitative estimate of drug-likeness (QED) is 0.671. The smallest absolute Gasteiger partial charge is 0.248 e. The average Bonchev–Trinajstić information content (AvgIpc) is 2.90. The molecule has 1 N–H and O–H groups in total. The molecule has 0 atom stereocenters. The van der Waals surface area contributed by atoms with Gasteiger partial charge in [0.1, 0.15) is 0 Å². The second-order valence-corrected chi connectivity index (χ2v) is 5.43. The molecular formula is C14H13NOS2. The van der Waals surface area contributed by atoms with Crippen LogP contribution in [0.3, 0.4) is 0 Å². The summed E-state index contributed by atoms with van der Waals surface area (Å²) in [6.45, 7) is 0. The van der Waals surface area contributed by atoms with E-state index in [-0.39, 0.29) is 5.91 Å². The minimum Gasteiger partial charge on any atom is -0.322 e. The number of carbonyl (C=O) groups is 1. The van der Waals surface area contributed by atoms with Crippen LogP contribution in [0.15, 0.2) is 52.7 Å². The van der Waals surface area contributed by atoms with Crippen LogP contribution in [-0.2, 0) is 4.79 Å². The van der Waals surface area contributed by atoms with Crippen LogP contribution in [0.1, 0.15) is 4.88 Å². The van der Waals surface area contributed by atoms with Crippen molar-refractivity contribution in [1.82, 2.24) is 0 Å². The second-order valence-electron chi connectivity index (χ2n) is 3.57. The van der Waals surface area contributed by atoms with Crippen LogP contribution in [-0.4, -0.2) is 12.2 Å². The van der Waals surface area contributed by atoms with E-state index in [1.165, 1.54) is 0 Å². The SMILES string of the molecule is CSc1cccc(NC(=O)/C=C/c2cccs2)c1. The fourth-order valence-corrected chi connectivity index (χ4v) is 2.51. The third-order valence-electron chi connectivity index (χ3n) is 2.28. The third kappa shape index (κ3) is 3.75. The number of hydrogen-bond acceptors (Lipinski definition) is 3. The van der Waals surface area contributed by atoms with Crippen molar-refractivity contribution in [2.75, 3.05) is 11.6 Å². The van der Waals surface area contributed by atoms with Gasteiger partial charge < -0.3 is 5.32 Å². The van der Waals surface area contributed by atoms with Crippen molar-refractivity contribution >= 4 is 40.8 Å². The molecule has 18 heavy (non-hydrogen) atoms. The summed E-state index contributed by atoms with van der Waals surface area (Å²) < 4.78 is 0. The van der Waals surface area contributed by atoms with Gasteiger partial charge in [-0.3, -0.25) is 4.79 Å². The Kier molecular flexibility index (Phi) is 4.61. The molecule has 2 rings (SSSR count). The van der Waals surface area contributed by atoms with E-state index in [2.05, 4.69) is 5.32 Å². The van der Waals surface area contributed by atoms with Crippen molar-refractivity contribution in [1.29, 1.82) is 0 Å². The summed E-state index contributed by atoms with van der Waals surface area (Å²) in [5.74, 6) is -0.110. The molecular weight excluding hydrogens is 262 g/mol. The molecule has 0 radical (unpaired) electrons. The number of amides is 1. The number of nitrogens with one attached hydrogen (secondary N) is 1. The molecule has 1 amide bonds. The Labute approximate surface area is 115 Å². The topological polar surface area (TPSA) is 29.1 Å². The number of rotatable bonds is 4. The monoisotopic (exact) mass is 275 g/mol. The van der Waals surface area contributed by atoms with Crippen molar-refractivity contribution in [2.45, 2.75) is 4.90 Å². The van der Waals surface area contributed by atoms with E-state index in [9.17, 15) is 4.79 Å². The standard InChI is InChI=1S/C14H13NOS2/c1-17-13-5-2-4-11(10-13)15-14(16)8-7-12-6-3-9-18-12/h2-10H,1H3,(H,15,16)/b8-7+. The van der Waals surface area contributed by atoms with E-state index >= 15 is 0 Å². The Bertz CT molecular complexity index is 547. The zero-order chi connectivity index (χ0) is 12.8. The van der Waals surface area contributed by atoms with Gasteiger partial charge in [-0.2, -0.15) is 0 Å². The molecule has 0 bridgehead atoms. The highest BCUT2D eigenvalue weighted by Crippen LogP contribution is 2.19. The van der Waals surface area contributed by atoms with Gasteiger partial charge >= 0.3 is 0 Å². The van der Waals surface area contributed by atoms with E-state index in [0.717, 1.165) is 15.5 Å². The zero-order valence-corrected chi connectivity index (χ0v) is 11.6. The molecule has 1 aromatic heterocycles. The van der Waals surface area contributed by atoms with Gasteiger partial charge in [-0.15, -0.1) is 23.1 Å². The predicted octanol–water partition coefficient (Wildman–Crippen LogP) is 4.12. The lowest BCUT2D eigenvalue weighted by Gasteiger charge is -2.03. The van der Waals surface area contributed by atoms with Gasteiger partial charge in [-0.25, -0.2) is 0 Å². The maximum absolute atomic E-state index is 11.7. The summed E-state index contributed by atoms with van der Waals surface area (Å²) in [5, 5.41) is 4.83. The average molecular weight is 275 g/mol. The summed E-state index contributed by atoms with van der Waals surface area (Å²) in [7, 11) is 0. The molecule has 1 aromatic carbocycles. The lowest BCUT2D eigenvalue weighted by atomic mass is 10.3. The van der Waals surface area contributed by atoms with Crippen molar-refractivity contribution in [3.05, 3.63) is 52.7 Å². The Morgan fingerprint density at radius 2 is 2.22 bits per heavy atom. The number of hydrogen-bond donors (Lipinski definition) is 1. The van der Waals surface area contributed by atoms with E-state index in [4.69, 9.17) is 0 Å². The first-order valence-electron chi connectivity index (χ1n) is 5.44. The van der Waals surface area contributed by atoms with E-state index in [0.29, 0.717) is 0 Å². The highest BCUT2D eigenvalue weighted by atomic mass is 32.2. The van der Waals surface area contributed by atoms with Crippen LogP contribution >= 0.6 is 23.1 Å². The van der Waals surface area contributed by atoms with Crippen molar-refractivity contribution in [3.63, 3.8) is 0 Å². The van der Waals surface area contributed by atoms with Crippen molar-refractivity contribution < 1.29 is 4.79 Å². The molecule has 0 aliphatic carbocycles. The first kappa shape index (κ1) is 12.9. The van der Waals surface area contributed by atoms with Gasteiger partial charge in [0.05, 0.1) is 0 Å². The summed E-state index contributed by atoms with van der Waals surface area (Å²) in [6.07, 6.45) is 5.38. The van der Waals surface area contributed by atoms with Gasteiger partial charge in [0.25, 0.3) is 0 Å². The Hall–Kier alpha value is -1.52. The third-order valence-corrected chi connectivity index (χ3v) is 3.84.